The molecule has 2 atom stereocenters. The van der Waals surface area contributed by atoms with Crippen molar-refractivity contribution in [1.29, 1.82) is 0 Å². The minimum absolute atomic E-state index is 0.133. The summed E-state index contributed by atoms with van der Waals surface area (Å²) in [6, 6.07) is 9.46. The SMILES string of the molecule is CC(SC(Cc1ccccc1)C(=O)O)C(=O)NC(C)(C)C. The molecule has 0 saturated heterocycles. The standard InChI is InChI=1S/C16H23NO3S/c1-11(14(18)17-16(2,3)4)21-13(15(19)20)10-12-8-6-5-7-9-12/h5-9,11,13H,10H2,1-4H3,(H,17,18)(H,19,20). The maximum Gasteiger partial charge on any atom is 0.316 e. The number of thioether (sulfide) groups is 1. The zero-order valence-corrected chi connectivity index (χ0v) is 13.7. The van der Waals surface area contributed by atoms with Crippen molar-refractivity contribution in [3.05, 3.63) is 35.9 Å². The second-order valence-corrected chi connectivity index (χ2v) is 7.58. The van der Waals surface area contributed by atoms with Gasteiger partial charge >= 0.3 is 5.97 Å². The highest BCUT2D eigenvalue weighted by molar-refractivity contribution is 8.01. The van der Waals surface area contributed by atoms with Gasteiger partial charge in [0.2, 0.25) is 5.91 Å². The summed E-state index contributed by atoms with van der Waals surface area (Å²) < 4.78 is 0. The average molecular weight is 309 g/mol. The molecule has 116 valence electrons. The van der Waals surface area contributed by atoms with E-state index < -0.39 is 16.5 Å². The van der Waals surface area contributed by atoms with E-state index in [0.29, 0.717) is 6.42 Å². The Bertz CT molecular complexity index is 482. The van der Waals surface area contributed by atoms with Crippen LogP contribution in [0.2, 0.25) is 0 Å². The number of rotatable bonds is 6. The van der Waals surface area contributed by atoms with Crippen molar-refractivity contribution >= 4 is 23.6 Å². The van der Waals surface area contributed by atoms with E-state index in [0.717, 1.165) is 5.56 Å². The molecule has 1 aromatic carbocycles. The Morgan fingerprint density at radius 3 is 2.29 bits per heavy atom. The first-order chi connectivity index (χ1) is 9.69. The van der Waals surface area contributed by atoms with Crippen LogP contribution in [-0.2, 0) is 16.0 Å². The monoisotopic (exact) mass is 309 g/mol. The second kappa shape index (κ2) is 7.50. The fraction of sp³-hybridized carbons (Fsp3) is 0.500. The average Bonchev–Trinajstić information content (AvgIpc) is 2.36. The molecule has 0 fully saturated rings. The number of aliphatic carboxylic acids is 1. The number of benzene rings is 1. The molecule has 0 aromatic heterocycles. The van der Waals surface area contributed by atoms with Crippen LogP contribution in [0.4, 0.5) is 0 Å². The summed E-state index contributed by atoms with van der Waals surface area (Å²) in [5.41, 5.74) is 0.644. The van der Waals surface area contributed by atoms with Crippen LogP contribution in [0.3, 0.4) is 0 Å². The number of hydrogen-bond acceptors (Lipinski definition) is 3. The summed E-state index contributed by atoms with van der Waals surface area (Å²) in [4.78, 5) is 23.4. The number of carbonyl (C=O) groups is 2. The van der Waals surface area contributed by atoms with E-state index in [2.05, 4.69) is 5.32 Å². The minimum atomic E-state index is -0.890. The van der Waals surface area contributed by atoms with E-state index in [4.69, 9.17) is 0 Å². The first kappa shape index (κ1) is 17.6. The molecule has 0 bridgehead atoms. The Morgan fingerprint density at radius 1 is 1.24 bits per heavy atom. The van der Waals surface area contributed by atoms with E-state index in [1.165, 1.54) is 11.8 Å². The summed E-state index contributed by atoms with van der Waals surface area (Å²) in [5, 5.41) is 11.2. The molecule has 0 radical (unpaired) electrons. The lowest BCUT2D eigenvalue weighted by molar-refractivity contribution is -0.136. The highest BCUT2D eigenvalue weighted by atomic mass is 32.2. The predicted molar refractivity (Wildman–Crippen MR) is 86.5 cm³/mol. The molecule has 1 aromatic rings. The lowest BCUT2D eigenvalue weighted by Crippen LogP contribution is -2.45. The lowest BCUT2D eigenvalue weighted by Gasteiger charge is -2.24. The number of nitrogens with one attached hydrogen (secondary N) is 1. The first-order valence-corrected chi connectivity index (χ1v) is 7.87. The summed E-state index contributed by atoms with van der Waals surface area (Å²) in [6.07, 6.45) is 0.411. The first-order valence-electron chi connectivity index (χ1n) is 6.93. The van der Waals surface area contributed by atoms with Crippen molar-refractivity contribution in [3.63, 3.8) is 0 Å². The van der Waals surface area contributed by atoms with Gasteiger partial charge in [-0.15, -0.1) is 11.8 Å². The van der Waals surface area contributed by atoms with Gasteiger partial charge in [-0.1, -0.05) is 30.3 Å². The third kappa shape index (κ3) is 6.67. The van der Waals surface area contributed by atoms with Crippen LogP contribution >= 0.6 is 11.8 Å². The van der Waals surface area contributed by atoms with Crippen molar-refractivity contribution in [1.82, 2.24) is 5.32 Å². The number of carboxylic acids is 1. The summed E-state index contributed by atoms with van der Waals surface area (Å²) in [5.74, 6) is -1.02. The highest BCUT2D eigenvalue weighted by Gasteiger charge is 2.26. The molecule has 1 amide bonds. The van der Waals surface area contributed by atoms with Gasteiger partial charge in [-0.25, -0.2) is 0 Å². The van der Waals surface area contributed by atoms with Gasteiger partial charge in [0.1, 0.15) is 5.25 Å². The normalized spacial score (nSPS) is 14.3. The van der Waals surface area contributed by atoms with Crippen molar-refractivity contribution in [3.8, 4) is 0 Å². The van der Waals surface area contributed by atoms with E-state index in [9.17, 15) is 14.7 Å². The molecule has 0 aliphatic rings. The molecule has 0 aliphatic heterocycles. The van der Waals surface area contributed by atoms with Gasteiger partial charge in [0.25, 0.3) is 0 Å². The van der Waals surface area contributed by atoms with E-state index in [1.807, 2.05) is 51.1 Å². The van der Waals surface area contributed by atoms with Crippen molar-refractivity contribution in [2.75, 3.05) is 0 Å². The zero-order valence-electron chi connectivity index (χ0n) is 12.9. The highest BCUT2D eigenvalue weighted by Crippen LogP contribution is 2.22. The number of carboxylic acid groups (broad SMARTS) is 1. The molecule has 2 unspecified atom stereocenters. The van der Waals surface area contributed by atoms with Crippen LogP contribution in [0, 0.1) is 0 Å². The zero-order chi connectivity index (χ0) is 16.0. The van der Waals surface area contributed by atoms with E-state index in [1.54, 1.807) is 6.92 Å². The van der Waals surface area contributed by atoms with Crippen molar-refractivity contribution in [2.24, 2.45) is 0 Å². The molecular weight excluding hydrogens is 286 g/mol. The van der Waals surface area contributed by atoms with Gasteiger partial charge in [-0.3, -0.25) is 9.59 Å². The summed E-state index contributed by atoms with van der Waals surface area (Å²) in [6.45, 7) is 7.45. The topological polar surface area (TPSA) is 66.4 Å². The van der Waals surface area contributed by atoms with Crippen LogP contribution in [0.1, 0.15) is 33.3 Å². The van der Waals surface area contributed by atoms with Crippen molar-refractivity contribution < 1.29 is 14.7 Å². The number of carbonyl (C=O) groups excluding carboxylic acids is 1. The van der Waals surface area contributed by atoms with Gasteiger partial charge in [-0.05, 0) is 39.7 Å². The molecule has 2 N–H and O–H groups in total. The Kier molecular flexibility index (Phi) is 6.27. The molecular formula is C16H23NO3S. The summed E-state index contributed by atoms with van der Waals surface area (Å²) in [7, 11) is 0. The van der Waals surface area contributed by atoms with Crippen LogP contribution in [0.15, 0.2) is 30.3 Å². The third-order valence-corrected chi connectivity index (χ3v) is 4.09. The van der Waals surface area contributed by atoms with Gasteiger partial charge in [0, 0.05) is 5.54 Å². The molecule has 0 spiro atoms. The fourth-order valence-electron chi connectivity index (χ4n) is 1.80. The van der Waals surface area contributed by atoms with Crippen LogP contribution in [-0.4, -0.2) is 33.0 Å². The second-order valence-electron chi connectivity index (χ2n) is 6.03. The minimum Gasteiger partial charge on any atom is -0.480 e. The van der Waals surface area contributed by atoms with Crippen LogP contribution < -0.4 is 5.32 Å². The Labute approximate surface area is 130 Å². The van der Waals surface area contributed by atoms with Gasteiger partial charge in [-0.2, -0.15) is 0 Å². The molecule has 4 nitrogen and oxygen atoms in total. The molecule has 21 heavy (non-hydrogen) atoms. The van der Waals surface area contributed by atoms with E-state index in [-0.39, 0.29) is 11.4 Å². The molecule has 0 heterocycles. The van der Waals surface area contributed by atoms with Gasteiger partial charge < -0.3 is 10.4 Å². The van der Waals surface area contributed by atoms with Crippen LogP contribution in [0.5, 0.6) is 0 Å². The Morgan fingerprint density at radius 2 is 1.81 bits per heavy atom. The van der Waals surface area contributed by atoms with Gasteiger partial charge in [0.15, 0.2) is 0 Å². The van der Waals surface area contributed by atoms with E-state index >= 15 is 0 Å². The largest absolute Gasteiger partial charge is 0.480 e. The quantitative estimate of drug-likeness (QED) is 0.848. The molecule has 5 heteroatoms. The Balaban J connectivity index is 2.66. The maximum atomic E-state index is 12.0. The fourth-order valence-corrected chi connectivity index (χ4v) is 2.88. The third-order valence-electron chi connectivity index (χ3n) is 2.78. The summed E-state index contributed by atoms with van der Waals surface area (Å²) >= 11 is 1.18. The van der Waals surface area contributed by atoms with Crippen molar-refractivity contribution in [2.45, 2.75) is 50.2 Å². The number of amides is 1. The molecule has 1 rings (SSSR count). The Hall–Kier alpha value is -1.49. The predicted octanol–water partition coefficient (Wildman–Crippen LogP) is 2.72. The lowest BCUT2D eigenvalue weighted by atomic mass is 10.1. The smallest absolute Gasteiger partial charge is 0.316 e. The maximum absolute atomic E-state index is 12.0. The molecule has 0 saturated carbocycles. The van der Waals surface area contributed by atoms with Crippen LogP contribution in [0.25, 0.3) is 0 Å². The molecule has 0 aliphatic carbocycles. The van der Waals surface area contributed by atoms with Gasteiger partial charge in [0.05, 0.1) is 5.25 Å². The number of hydrogen-bond donors (Lipinski definition) is 2.